The zero-order chi connectivity index (χ0) is 22.5. The number of furan rings is 1. The smallest absolute Gasteiger partial charge is 0.418 e. The summed E-state index contributed by atoms with van der Waals surface area (Å²) in [6.07, 6.45) is -3.46. The summed E-state index contributed by atoms with van der Waals surface area (Å²) >= 11 is 5.58. The van der Waals surface area contributed by atoms with Gasteiger partial charge in [-0.25, -0.2) is 4.79 Å². The molecule has 0 saturated carbocycles. The average molecular weight is 447 g/mol. The van der Waals surface area contributed by atoms with Gasteiger partial charge in [0.2, 0.25) is 0 Å². The van der Waals surface area contributed by atoms with Gasteiger partial charge in [-0.2, -0.15) is 13.2 Å². The van der Waals surface area contributed by atoms with E-state index in [1.54, 1.807) is 13.8 Å². The molecule has 2 N–H and O–H groups in total. The van der Waals surface area contributed by atoms with Gasteiger partial charge >= 0.3 is 12.1 Å². The summed E-state index contributed by atoms with van der Waals surface area (Å²) in [6, 6.07) is 4.63. The van der Waals surface area contributed by atoms with Crippen molar-refractivity contribution in [3.05, 3.63) is 52.9 Å². The molecule has 0 spiro atoms. The molecule has 0 saturated heterocycles. The van der Waals surface area contributed by atoms with E-state index in [4.69, 9.17) is 20.8 Å². The minimum atomic E-state index is -4.75. The Hall–Kier alpha value is -3.01. The highest BCUT2D eigenvalue weighted by Gasteiger charge is 2.34. The van der Waals surface area contributed by atoms with E-state index in [1.807, 2.05) is 5.32 Å². The number of hydrogen-bond donors (Lipinski definition) is 2. The van der Waals surface area contributed by atoms with Gasteiger partial charge in [-0.1, -0.05) is 25.4 Å². The second-order valence-corrected chi connectivity index (χ2v) is 6.95. The number of hydrogen-bond acceptors (Lipinski definition) is 5. The highest BCUT2D eigenvalue weighted by atomic mass is 35.5. The molecule has 0 aliphatic heterocycles. The molecule has 1 aromatic carbocycles. The average Bonchev–Trinajstić information content (AvgIpc) is 3.19. The SMILES string of the molecule is CC(C)[C@@H](NC(=O)c1ccco1)C(=O)OCC(=O)Nc1ccc(Cl)cc1C(F)(F)F. The summed E-state index contributed by atoms with van der Waals surface area (Å²) < 4.78 is 49.0. The fourth-order valence-electron chi connectivity index (χ4n) is 2.39. The first kappa shape index (κ1) is 23.3. The van der Waals surface area contributed by atoms with Gasteiger partial charge < -0.3 is 19.8 Å². The molecule has 0 bridgehead atoms. The van der Waals surface area contributed by atoms with Crippen LogP contribution in [0, 0.1) is 5.92 Å². The fraction of sp³-hybridized carbons (Fsp3) is 0.316. The van der Waals surface area contributed by atoms with Crippen LogP contribution in [0.15, 0.2) is 41.0 Å². The number of rotatable bonds is 7. The largest absolute Gasteiger partial charge is 0.459 e. The molecule has 0 fully saturated rings. The molecule has 1 atom stereocenters. The Labute approximate surface area is 174 Å². The summed E-state index contributed by atoms with van der Waals surface area (Å²) in [5, 5.41) is 4.30. The Morgan fingerprint density at radius 3 is 2.47 bits per heavy atom. The Morgan fingerprint density at radius 2 is 1.90 bits per heavy atom. The Bertz CT molecular complexity index is 913. The van der Waals surface area contributed by atoms with E-state index in [0.29, 0.717) is 6.07 Å². The van der Waals surface area contributed by atoms with E-state index in [2.05, 4.69) is 5.32 Å². The highest BCUT2D eigenvalue weighted by molar-refractivity contribution is 6.30. The van der Waals surface area contributed by atoms with Crippen molar-refractivity contribution in [2.45, 2.75) is 26.1 Å². The molecule has 0 aliphatic carbocycles. The van der Waals surface area contributed by atoms with E-state index in [0.717, 1.165) is 6.07 Å². The molecule has 1 aromatic heterocycles. The second kappa shape index (κ2) is 9.66. The third kappa shape index (κ3) is 6.24. The monoisotopic (exact) mass is 446 g/mol. The lowest BCUT2D eigenvalue weighted by molar-refractivity contribution is -0.150. The van der Waals surface area contributed by atoms with Gasteiger partial charge in [-0.3, -0.25) is 9.59 Å². The van der Waals surface area contributed by atoms with E-state index < -0.39 is 53.8 Å². The van der Waals surface area contributed by atoms with Crippen LogP contribution in [0.2, 0.25) is 5.02 Å². The Kier molecular flexibility index (Phi) is 7.49. The fourth-order valence-corrected chi connectivity index (χ4v) is 2.56. The predicted octanol–water partition coefficient (Wildman–Crippen LogP) is 3.89. The van der Waals surface area contributed by atoms with Gasteiger partial charge in [-0.05, 0) is 36.2 Å². The predicted molar refractivity (Wildman–Crippen MR) is 101 cm³/mol. The first-order valence-corrected chi connectivity index (χ1v) is 9.04. The van der Waals surface area contributed by atoms with Crippen LogP contribution in [-0.4, -0.2) is 30.4 Å². The van der Waals surface area contributed by atoms with Crippen molar-refractivity contribution in [2.24, 2.45) is 5.92 Å². The van der Waals surface area contributed by atoms with E-state index in [-0.39, 0.29) is 10.8 Å². The topological polar surface area (TPSA) is 97.6 Å². The highest BCUT2D eigenvalue weighted by Crippen LogP contribution is 2.36. The van der Waals surface area contributed by atoms with E-state index in [9.17, 15) is 27.6 Å². The molecular weight excluding hydrogens is 429 g/mol. The summed E-state index contributed by atoms with van der Waals surface area (Å²) in [7, 11) is 0. The number of halogens is 4. The van der Waals surface area contributed by atoms with Crippen molar-refractivity contribution >= 4 is 35.1 Å². The molecule has 162 valence electrons. The number of carbonyl (C=O) groups excluding carboxylic acids is 3. The van der Waals surface area contributed by atoms with Gasteiger partial charge in [0.15, 0.2) is 12.4 Å². The van der Waals surface area contributed by atoms with Crippen molar-refractivity contribution in [1.29, 1.82) is 0 Å². The minimum Gasteiger partial charge on any atom is -0.459 e. The van der Waals surface area contributed by atoms with E-state index >= 15 is 0 Å². The first-order chi connectivity index (χ1) is 14.0. The summed E-state index contributed by atoms with van der Waals surface area (Å²) in [6.45, 7) is 2.42. The van der Waals surface area contributed by atoms with Crippen LogP contribution in [-0.2, 0) is 20.5 Å². The van der Waals surface area contributed by atoms with Crippen LogP contribution in [0.25, 0.3) is 0 Å². The lowest BCUT2D eigenvalue weighted by atomic mass is 10.0. The Morgan fingerprint density at radius 1 is 1.20 bits per heavy atom. The minimum absolute atomic E-state index is 0.0198. The maximum absolute atomic E-state index is 13.1. The molecule has 0 aliphatic rings. The van der Waals surface area contributed by atoms with E-state index in [1.165, 1.54) is 24.5 Å². The molecule has 11 heteroatoms. The molecule has 2 amide bonds. The molecule has 7 nitrogen and oxygen atoms in total. The molecule has 2 aromatic rings. The molecule has 2 rings (SSSR count). The van der Waals surface area contributed by atoms with Crippen LogP contribution in [0.5, 0.6) is 0 Å². The number of carbonyl (C=O) groups is 3. The molecule has 0 radical (unpaired) electrons. The van der Waals surface area contributed by atoms with Gasteiger partial charge in [0.1, 0.15) is 6.04 Å². The van der Waals surface area contributed by atoms with Gasteiger partial charge in [-0.15, -0.1) is 0 Å². The maximum Gasteiger partial charge on any atom is 0.418 e. The third-order valence-corrected chi connectivity index (χ3v) is 4.09. The number of anilines is 1. The zero-order valence-electron chi connectivity index (χ0n) is 15.9. The normalized spacial score (nSPS) is 12.4. The van der Waals surface area contributed by atoms with Gasteiger partial charge in [0.05, 0.1) is 17.5 Å². The van der Waals surface area contributed by atoms with Gasteiger partial charge in [0.25, 0.3) is 11.8 Å². The van der Waals surface area contributed by atoms with Gasteiger partial charge in [0, 0.05) is 5.02 Å². The van der Waals surface area contributed by atoms with Crippen LogP contribution in [0.1, 0.15) is 30.0 Å². The van der Waals surface area contributed by atoms with Crippen molar-refractivity contribution < 1.29 is 36.7 Å². The quantitative estimate of drug-likeness (QED) is 0.629. The lowest BCUT2D eigenvalue weighted by Crippen LogP contribution is -2.45. The zero-order valence-corrected chi connectivity index (χ0v) is 16.6. The molecule has 30 heavy (non-hydrogen) atoms. The number of nitrogens with one attached hydrogen (secondary N) is 2. The van der Waals surface area contributed by atoms with Crippen LogP contribution < -0.4 is 10.6 Å². The standard InChI is InChI=1S/C19H18ClF3N2O5/c1-10(2)16(25-17(27)14-4-3-7-29-14)18(28)30-9-15(26)24-13-6-5-11(20)8-12(13)19(21,22)23/h3-8,10,16H,9H2,1-2H3,(H,24,26)(H,25,27)/t16-/m1/s1. The van der Waals surface area contributed by atoms with Crippen molar-refractivity contribution in [3.63, 3.8) is 0 Å². The van der Waals surface area contributed by atoms with Crippen LogP contribution in [0.4, 0.5) is 18.9 Å². The molecule has 0 unspecified atom stereocenters. The number of ether oxygens (including phenoxy) is 1. The van der Waals surface area contributed by atoms with Crippen LogP contribution in [0.3, 0.4) is 0 Å². The number of alkyl halides is 3. The lowest BCUT2D eigenvalue weighted by Gasteiger charge is -2.20. The van der Waals surface area contributed by atoms with Crippen LogP contribution >= 0.6 is 11.6 Å². The van der Waals surface area contributed by atoms with Crippen molar-refractivity contribution in [3.8, 4) is 0 Å². The summed E-state index contributed by atoms with van der Waals surface area (Å²) in [5.41, 5.74) is -1.67. The Balaban J connectivity index is 1.99. The van der Waals surface area contributed by atoms with Crippen molar-refractivity contribution in [1.82, 2.24) is 5.32 Å². The molecular formula is C19H18ClF3N2O5. The number of benzene rings is 1. The third-order valence-electron chi connectivity index (χ3n) is 3.86. The first-order valence-electron chi connectivity index (χ1n) is 8.66. The number of esters is 1. The second-order valence-electron chi connectivity index (χ2n) is 6.52. The summed E-state index contributed by atoms with van der Waals surface area (Å²) in [5.74, 6) is -2.99. The van der Waals surface area contributed by atoms with Crippen molar-refractivity contribution in [2.75, 3.05) is 11.9 Å². The summed E-state index contributed by atoms with van der Waals surface area (Å²) in [4.78, 5) is 36.3. The maximum atomic E-state index is 13.1. The number of amides is 2. The molecule has 1 heterocycles.